The van der Waals surface area contributed by atoms with Gasteiger partial charge in [0.1, 0.15) is 0 Å². The van der Waals surface area contributed by atoms with E-state index in [9.17, 15) is 0 Å². The molecule has 1 aromatic rings. The Labute approximate surface area is 70.9 Å². The zero-order chi connectivity index (χ0) is 7.68. The van der Waals surface area contributed by atoms with Gasteiger partial charge in [0.05, 0.1) is 0 Å². The van der Waals surface area contributed by atoms with E-state index >= 15 is 0 Å². The van der Waals surface area contributed by atoms with Crippen molar-refractivity contribution < 1.29 is 0 Å². The highest BCUT2D eigenvalue weighted by atomic mass is 32.1. The Bertz CT molecular complexity index is 291. The lowest BCUT2D eigenvalue weighted by Crippen LogP contribution is -1.74. The molecule has 1 aliphatic carbocycles. The molecule has 0 spiro atoms. The van der Waals surface area contributed by atoms with Gasteiger partial charge in [-0.1, -0.05) is 31.2 Å². The van der Waals surface area contributed by atoms with Crippen LogP contribution < -0.4 is 0 Å². The molecule has 0 aromatic carbocycles. The molecule has 0 fully saturated rings. The van der Waals surface area contributed by atoms with Gasteiger partial charge in [0.2, 0.25) is 0 Å². The summed E-state index contributed by atoms with van der Waals surface area (Å²) >= 11 is 1.80. The van der Waals surface area contributed by atoms with Gasteiger partial charge in [-0.3, -0.25) is 0 Å². The molecule has 1 unspecified atom stereocenters. The van der Waals surface area contributed by atoms with Crippen LogP contribution in [-0.4, -0.2) is 0 Å². The number of hydrogen-bond acceptors (Lipinski definition) is 1. The minimum atomic E-state index is 0.618. The van der Waals surface area contributed by atoms with E-state index in [4.69, 9.17) is 0 Å². The van der Waals surface area contributed by atoms with Crippen LogP contribution in [-0.2, 0) is 0 Å². The maximum atomic E-state index is 2.30. The summed E-state index contributed by atoms with van der Waals surface area (Å²) in [5.74, 6) is 0.618. The lowest BCUT2D eigenvalue weighted by atomic mass is 10.2. The van der Waals surface area contributed by atoms with Crippen LogP contribution in [0.2, 0.25) is 0 Å². The summed E-state index contributed by atoms with van der Waals surface area (Å²) in [6.07, 6.45) is 6.73. The van der Waals surface area contributed by atoms with Crippen LogP contribution >= 0.6 is 11.3 Å². The molecule has 1 heterocycles. The van der Waals surface area contributed by atoms with Gasteiger partial charge in [-0.05, 0) is 22.9 Å². The van der Waals surface area contributed by atoms with Crippen molar-refractivity contribution in [3.8, 4) is 0 Å². The van der Waals surface area contributed by atoms with Gasteiger partial charge in [-0.15, -0.1) is 11.3 Å². The highest BCUT2D eigenvalue weighted by molar-refractivity contribution is 7.11. The van der Waals surface area contributed by atoms with Crippen molar-refractivity contribution in [2.75, 3.05) is 0 Å². The van der Waals surface area contributed by atoms with Crippen molar-refractivity contribution in [1.29, 1.82) is 0 Å². The normalized spacial score (nSPS) is 22.3. The monoisotopic (exact) mass is 162 g/mol. The van der Waals surface area contributed by atoms with Crippen molar-refractivity contribution in [3.63, 3.8) is 0 Å². The van der Waals surface area contributed by atoms with E-state index in [1.165, 1.54) is 10.5 Å². The van der Waals surface area contributed by atoms with Gasteiger partial charge in [0, 0.05) is 4.88 Å². The van der Waals surface area contributed by atoms with Crippen LogP contribution in [0.15, 0.2) is 35.7 Å². The Morgan fingerprint density at radius 3 is 2.91 bits per heavy atom. The zero-order valence-corrected chi connectivity index (χ0v) is 7.27. The van der Waals surface area contributed by atoms with Gasteiger partial charge in [-0.25, -0.2) is 0 Å². The first-order valence-corrected chi connectivity index (χ1v) is 4.68. The Morgan fingerprint density at radius 1 is 1.45 bits per heavy atom. The Morgan fingerprint density at radius 2 is 2.36 bits per heavy atom. The maximum Gasteiger partial charge on any atom is 0.0339 e. The summed E-state index contributed by atoms with van der Waals surface area (Å²) in [5.41, 5.74) is 1.38. The fraction of sp³-hybridized carbons (Fsp3) is 0.200. The molecule has 0 bridgehead atoms. The third-order valence-corrected chi connectivity index (χ3v) is 2.75. The number of allylic oxidation sites excluding steroid dienone is 4. The standard InChI is InChI=1S/C10H10S/c1-8-4-5-9(7-8)10-3-2-6-11-10/h2-8H,1H3. The third-order valence-electron chi connectivity index (χ3n) is 1.83. The fourth-order valence-corrected chi connectivity index (χ4v) is 1.99. The van der Waals surface area contributed by atoms with Crippen molar-refractivity contribution in [2.24, 2.45) is 5.92 Å². The van der Waals surface area contributed by atoms with Gasteiger partial charge in [-0.2, -0.15) is 0 Å². The SMILES string of the molecule is CC1C=CC(c2cccs2)=C1. The molecule has 0 amide bonds. The van der Waals surface area contributed by atoms with Gasteiger partial charge in [0.15, 0.2) is 0 Å². The van der Waals surface area contributed by atoms with Gasteiger partial charge < -0.3 is 0 Å². The van der Waals surface area contributed by atoms with Crippen LogP contribution in [0.1, 0.15) is 11.8 Å². The third kappa shape index (κ3) is 1.29. The maximum absolute atomic E-state index is 2.30. The average molecular weight is 162 g/mol. The quantitative estimate of drug-likeness (QED) is 0.594. The number of hydrogen-bond donors (Lipinski definition) is 0. The summed E-state index contributed by atoms with van der Waals surface area (Å²) in [6.45, 7) is 2.21. The molecular formula is C10H10S. The molecular weight excluding hydrogens is 152 g/mol. The predicted octanol–water partition coefficient (Wildman–Crippen LogP) is 3.34. The van der Waals surface area contributed by atoms with Crippen molar-refractivity contribution in [1.82, 2.24) is 0 Å². The first-order valence-electron chi connectivity index (χ1n) is 3.80. The van der Waals surface area contributed by atoms with E-state index < -0.39 is 0 Å². The Balaban J connectivity index is 2.33. The topological polar surface area (TPSA) is 0 Å². The number of thiophene rings is 1. The summed E-state index contributed by atoms with van der Waals surface area (Å²) < 4.78 is 0. The van der Waals surface area contributed by atoms with Gasteiger partial charge >= 0.3 is 0 Å². The smallest absolute Gasteiger partial charge is 0.0339 e. The predicted molar refractivity (Wildman–Crippen MR) is 50.6 cm³/mol. The van der Waals surface area contributed by atoms with Crippen LogP contribution in [0.5, 0.6) is 0 Å². The first-order chi connectivity index (χ1) is 5.36. The van der Waals surface area contributed by atoms with Crippen molar-refractivity contribution >= 4 is 16.9 Å². The molecule has 11 heavy (non-hydrogen) atoms. The van der Waals surface area contributed by atoms with Crippen molar-refractivity contribution in [2.45, 2.75) is 6.92 Å². The summed E-state index contributed by atoms with van der Waals surface area (Å²) in [4.78, 5) is 1.38. The van der Waals surface area contributed by atoms with Crippen molar-refractivity contribution in [3.05, 3.63) is 40.6 Å². The molecule has 0 nitrogen and oxygen atoms in total. The molecule has 0 saturated carbocycles. The van der Waals surface area contributed by atoms with Crippen LogP contribution in [0.25, 0.3) is 5.57 Å². The van der Waals surface area contributed by atoms with E-state index in [0.29, 0.717) is 5.92 Å². The minimum absolute atomic E-state index is 0.618. The van der Waals surface area contributed by atoms with Gasteiger partial charge in [0.25, 0.3) is 0 Å². The lowest BCUT2D eigenvalue weighted by Gasteiger charge is -1.92. The highest BCUT2D eigenvalue weighted by Crippen LogP contribution is 2.27. The molecule has 1 aromatic heterocycles. The molecule has 2 rings (SSSR count). The van der Waals surface area contributed by atoms with E-state index in [1.807, 2.05) is 0 Å². The molecule has 0 saturated heterocycles. The molecule has 1 aliphatic rings. The minimum Gasteiger partial charge on any atom is -0.144 e. The molecule has 1 atom stereocenters. The Kier molecular flexibility index (Phi) is 1.66. The van der Waals surface area contributed by atoms with E-state index in [-0.39, 0.29) is 0 Å². The lowest BCUT2D eigenvalue weighted by molar-refractivity contribution is 0.959. The summed E-state index contributed by atoms with van der Waals surface area (Å²) in [6, 6.07) is 4.26. The zero-order valence-electron chi connectivity index (χ0n) is 6.45. The summed E-state index contributed by atoms with van der Waals surface area (Å²) in [7, 11) is 0. The largest absolute Gasteiger partial charge is 0.144 e. The van der Waals surface area contributed by atoms with E-state index in [0.717, 1.165) is 0 Å². The second-order valence-electron chi connectivity index (χ2n) is 2.82. The van der Waals surface area contributed by atoms with E-state index in [2.05, 4.69) is 42.7 Å². The molecule has 56 valence electrons. The average Bonchev–Trinajstić information content (AvgIpc) is 2.55. The number of rotatable bonds is 1. The molecule has 0 N–H and O–H groups in total. The fourth-order valence-electron chi connectivity index (χ4n) is 1.26. The molecule has 0 radical (unpaired) electrons. The molecule has 0 aliphatic heterocycles. The summed E-state index contributed by atoms with van der Waals surface area (Å²) in [5, 5.41) is 2.12. The second-order valence-corrected chi connectivity index (χ2v) is 3.77. The molecule has 1 heteroatoms. The second kappa shape index (κ2) is 2.67. The van der Waals surface area contributed by atoms with Crippen LogP contribution in [0.3, 0.4) is 0 Å². The first kappa shape index (κ1) is 6.86. The van der Waals surface area contributed by atoms with E-state index in [1.54, 1.807) is 11.3 Å². The van der Waals surface area contributed by atoms with Crippen LogP contribution in [0, 0.1) is 5.92 Å². The Hall–Kier alpha value is -0.820. The highest BCUT2D eigenvalue weighted by Gasteiger charge is 2.06. The van der Waals surface area contributed by atoms with Crippen LogP contribution in [0.4, 0.5) is 0 Å².